The summed E-state index contributed by atoms with van der Waals surface area (Å²) >= 11 is 0. The Morgan fingerprint density at radius 1 is 1.09 bits per heavy atom. The zero-order valence-corrected chi connectivity index (χ0v) is 13.1. The van der Waals surface area contributed by atoms with Crippen LogP contribution in [0, 0.1) is 0 Å². The third-order valence-corrected chi connectivity index (χ3v) is 4.16. The van der Waals surface area contributed by atoms with Gasteiger partial charge in [-0.25, -0.2) is 4.79 Å². The van der Waals surface area contributed by atoms with Crippen LogP contribution < -0.4 is 10.4 Å². The maximum absolute atomic E-state index is 11.6. The highest BCUT2D eigenvalue weighted by atomic mass is 16.5. The molecule has 3 rings (SSSR count). The minimum atomic E-state index is -0.392. The number of hydrogen-bond donors (Lipinski definition) is 1. The molecule has 0 atom stereocenters. The lowest BCUT2D eigenvalue weighted by Gasteiger charge is -2.34. The molecule has 1 aromatic carbocycles. The Balaban J connectivity index is 1.55. The van der Waals surface area contributed by atoms with Crippen molar-refractivity contribution in [3.8, 4) is 5.75 Å². The lowest BCUT2D eigenvalue weighted by atomic mass is 10.2. The zero-order chi connectivity index (χ0) is 16.1. The number of aliphatic hydroxyl groups excluding tert-OH is 1. The number of ether oxygens (including phenoxy) is 1. The minimum Gasteiger partial charge on any atom is -0.491 e. The predicted octanol–water partition coefficient (Wildman–Crippen LogP) is 0.782. The third kappa shape index (κ3) is 4.10. The number of para-hydroxylation sites is 1. The van der Waals surface area contributed by atoms with Crippen LogP contribution in [0.4, 0.5) is 0 Å². The molecule has 1 aliphatic rings. The summed E-state index contributed by atoms with van der Waals surface area (Å²) < 4.78 is 11.0. The zero-order valence-electron chi connectivity index (χ0n) is 13.1. The first-order valence-electron chi connectivity index (χ1n) is 7.97. The molecule has 1 fully saturated rings. The van der Waals surface area contributed by atoms with Gasteiger partial charge in [0.25, 0.3) is 0 Å². The summed E-state index contributed by atoms with van der Waals surface area (Å²) in [6.07, 6.45) is 0. The van der Waals surface area contributed by atoms with Crippen molar-refractivity contribution in [1.29, 1.82) is 0 Å². The summed E-state index contributed by atoms with van der Waals surface area (Å²) in [5.74, 6) is 0.579. The molecular formula is C17H22N2O4. The second-order valence-electron chi connectivity index (χ2n) is 5.68. The smallest absolute Gasteiger partial charge is 0.339 e. The molecule has 1 N–H and O–H groups in total. The molecule has 2 aromatic rings. The average Bonchev–Trinajstić information content (AvgIpc) is 2.56. The lowest BCUT2D eigenvalue weighted by Crippen LogP contribution is -2.48. The van der Waals surface area contributed by atoms with Crippen molar-refractivity contribution < 1.29 is 14.3 Å². The van der Waals surface area contributed by atoms with E-state index < -0.39 is 5.63 Å². The minimum absolute atomic E-state index is 0.215. The molecular weight excluding hydrogens is 296 g/mol. The van der Waals surface area contributed by atoms with Gasteiger partial charge in [-0.05, 0) is 12.1 Å². The Hall–Kier alpha value is -1.89. The van der Waals surface area contributed by atoms with Gasteiger partial charge in [-0.1, -0.05) is 12.1 Å². The van der Waals surface area contributed by atoms with Gasteiger partial charge < -0.3 is 14.3 Å². The van der Waals surface area contributed by atoms with Crippen LogP contribution in [0.5, 0.6) is 5.75 Å². The molecule has 0 spiro atoms. The molecule has 0 unspecified atom stereocenters. The summed E-state index contributed by atoms with van der Waals surface area (Å²) in [5, 5.41) is 9.77. The van der Waals surface area contributed by atoms with Crippen molar-refractivity contribution in [2.45, 2.75) is 0 Å². The number of aliphatic hydroxyl groups is 1. The maximum Gasteiger partial charge on any atom is 0.339 e. The molecule has 0 amide bonds. The van der Waals surface area contributed by atoms with Gasteiger partial charge in [-0.2, -0.15) is 0 Å². The number of nitrogens with zero attached hydrogens (tertiary/aromatic N) is 2. The Bertz CT molecular complexity index is 692. The molecule has 1 saturated heterocycles. The van der Waals surface area contributed by atoms with Crippen LogP contribution in [0.2, 0.25) is 0 Å². The van der Waals surface area contributed by atoms with Crippen LogP contribution in [0.25, 0.3) is 11.0 Å². The van der Waals surface area contributed by atoms with Crippen LogP contribution in [-0.4, -0.2) is 67.4 Å². The molecule has 0 radical (unpaired) electrons. The van der Waals surface area contributed by atoms with Gasteiger partial charge in [0.05, 0.1) is 18.1 Å². The van der Waals surface area contributed by atoms with E-state index in [9.17, 15) is 4.79 Å². The van der Waals surface area contributed by atoms with Crippen LogP contribution >= 0.6 is 0 Å². The van der Waals surface area contributed by atoms with Gasteiger partial charge in [0.1, 0.15) is 17.9 Å². The molecule has 6 heteroatoms. The predicted molar refractivity (Wildman–Crippen MR) is 87.9 cm³/mol. The number of rotatable bonds is 6. The van der Waals surface area contributed by atoms with Crippen LogP contribution in [0.3, 0.4) is 0 Å². The molecule has 0 saturated carbocycles. The van der Waals surface area contributed by atoms with Gasteiger partial charge in [0.2, 0.25) is 0 Å². The van der Waals surface area contributed by atoms with Crippen molar-refractivity contribution in [3.63, 3.8) is 0 Å². The Morgan fingerprint density at radius 2 is 1.78 bits per heavy atom. The van der Waals surface area contributed by atoms with Crippen molar-refractivity contribution in [2.24, 2.45) is 0 Å². The summed E-state index contributed by atoms with van der Waals surface area (Å²) in [6.45, 7) is 6.21. The van der Waals surface area contributed by atoms with E-state index in [2.05, 4.69) is 9.80 Å². The number of piperazine rings is 1. The molecule has 2 heterocycles. The van der Waals surface area contributed by atoms with Crippen molar-refractivity contribution in [1.82, 2.24) is 9.80 Å². The summed E-state index contributed by atoms with van der Waals surface area (Å²) in [6, 6.07) is 8.79. The van der Waals surface area contributed by atoms with E-state index in [-0.39, 0.29) is 6.61 Å². The average molecular weight is 318 g/mol. The molecule has 124 valence electrons. The molecule has 0 bridgehead atoms. The summed E-state index contributed by atoms with van der Waals surface area (Å²) in [5.41, 5.74) is 0.156. The normalized spacial score (nSPS) is 16.7. The fourth-order valence-corrected chi connectivity index (χ4v) is 2.86. The Morgan fingerprint density at radius 3 is 2.52 bits per heavy atom. The maximum atomic E-state index is 11.6. The largest absolute Gasteiger partial charge is 0.491 e. The standard InChI is InChI=1S/C17H22N2O4/c20-11-9-18-5-7-19(8-6-18)10-12-22-16-13-17(21)23-15-4-2-1-3-14(15)16/h1-4,13,20H,5-12H2. The highest BCUT2D eigenvalue weighted by Gasteiger charge is 2.16. The van der Waals surface area contributed by atoms with Gasteiger partial charge >= 0.3 is 5.63 Å². The number of hydrogen-bond acceptors (Lipinski definition) is 6. The topological polar surface area (TPSA) is 66.2 Å². The van der Waals surface area contributed by atoms with E-state index in [1.165, 1.54) is 6.07 Å². The van der Waals surface area contributed by atoms with Gasteiger partial charge in [0, 0.05) is 39.3 Å². The van der Waals surface area contributed by atoms with E-state index >= 15 is 0 Å². The van der Waals surface area contributed by atoms with Crippen molar-refractivity contribution >= 4 is 11.0 Å². The van der Waals surface area contributed by atoms with Crippen LogP contribution in [-0.2, 0) is 0 Å². The number of benzene rings is 1. The fraction of sp³-hybridized carbons (Fsp3) is 0.471. The molecule has 0 aliphatic carbocycles. The van der Waals surface area contributed by atoms with Crippen molar-refractivity contribution in [2.75, 3.05) is 52.5 Å². The molecule has 6 nitrogen and oxygen atoms in total. The third-order valence-electron chi connectivity index (χ3n) is 4.16. The van der Waals surface area contributed by atoms with E-state index in [1.807, 2.05) is 18.2 Å². The van der Waals surface area contributed by atoms with E-state index in [0.29, 0.717) is 17.9 Å². The first kappa shape index (κ1) is 16.0. The molecule has 1 aliphatic heterocycles. The monoisotopic (exact) mass is 318 g/mol. The molecule has 23 heavy (non-hydrogen) atoms. The van der Waals surface area contributed by atoms with Gasteiger partial charge in [0.15, 0.2) is 0 Å². The fourth-order valence-electron chi connectivity index (χ4n) is 2.86. The summed E-state index contributed by atoms with van der Waals surface area (Å²) in [4.78, 5) is 16.2. The summed E-state index contributed by atoms with van der Waals surface area (Å²) in [7, 11) is 0. The lowest BCUT2D eigenvalue weighted by molar-refractivity contribution is 0.102. The van der Waals surface area contributed by atoms with E-state index in [4.69, 9.17) is 14.3 Å². The van der Waals surface area contributed by atoms with E-state index in [1.54, 1.807) is 6.07 Å². The number of β-amino-alcohol motifs (C(OH)–C–C–N with tert-alkyl or cyclic N) is 1. The van der Waals surface area contributed by atoms with E-state index in [0.717, 1.165) is 44.7 Å². The van der Waals surface area contributed by atoms with Crippen LogP contribution in [0.15, 0.2) is 39.5 Å². The van der Waals surface area contributed by atoms with Gasteiger partial charge in [-0.15, -0.1) is 0 Å². The highest BCUT2D eigenvalue weighted by Crippen LogP contribution is 2.23. The van der Waals surface area contributed by atoms with Crippen molar-refractivity contribution in [3.05, 3.63) is 40.8 Å². The Kier molecular flexibility index (Phi) is 5.27. The quantitative estimate of drug-likeness (QED) is 0.794. The van der Waals surface area contributed by atoms with Crippen LogP contribution in [0.1, 0.15) is 0 Å². The Labute approximate surface area is 134 Å². The van der Waals surface area contributed by atoms with Gasteiger partial charge in [-0.3, -0.25) is 9.80 Å². The first-order chi connectivity index (χ1) is 11.3. The SMILES string of the molecule is O=c1cc(OCCN2CCN(CCO)CC2)c2ccccc2o1. The second kappa shape index (κ2) is 7.59. The second-order valence-corrected chi connectivity index (χ2v) is 5.68. The number of fused-ring (bicyclic) bond motifs is 1. The highest BCUT2D eigenvalue weighted by molar-refractivity contribution is 5.82. The first-order valence-corrected chi connectivity index (χ1v) is 7.97. The molecule has 1 aromatic heterocycles.